The Balaban J connectivity index is 1.99. The first-order valence-corrected chi connectivity index (χ1v) is 7.81. The molecule has 0 saturated carbocycles. The Morgan fingerprint density at radius 3 is 2.95 bits per heavy atom. The summed E-state index contributed by atoms with van der Waals surface area (Å²) in [5.41, 5.74) is 0.589. The van der Waals surface area contributed by atoms with Crippen molar-refractivity contribution in [2.45, 2.75) is 58.1 Å². The first kappa shape index (κ1) is 14.3. The van der Waals surface area contributed by atoms with E-state index in [1.165, 1.54) is 0 Å². The van der Waals surface area contributed by atoms with Gasteiger partial charge in [-0.2, -0.15) is 5.10 Å². The van der Waals surface area contributed by atoms with Crippen molar-refractivity contribution >= 4 is 11.0 Å². The molecule has 0 aliphatic carbocycles. The van der Waals surface area contributed by atoms with Gasteiger partial charge < -0.3 is 9.72 Å². The SMILES string of the molecule is CCC(CC)n1ncc2c(=O)[nH]c(CC3CCCO3)nc21. The zero-order chi connectivity index (χ0) is 14.8. The molecule has 0 radical (unpaired) electrons. The molecular formula is C15H22N4O2. The third-order valence-electron chi connectivity index (χ3n) is 4.25. The Labute approximate surface area is 123 Å². The van der Waals surface area contributed by atoms with Gasteiger partial charge in [0.15, 0.2) is 5.65 Å². The number of hydrogen-bond acceptors (Lipinski definition) is 4. The van der Waals surface area contributed by atoms with Gasteiger partial charge in [0.25, 0.3) is 5.56 Å². The molecule has 1 aliphatic heterocycles. The fraction of sp³-hybridized carbons (Fsp3) is 0.667. The summed E-state index contributed by atoms with van der Waals surface area (Å²) in [6, 6.07) is 0.285. The van der Waals surface area contributed by atoms with Gasteiger partial charge in [0.05, 0.1) is 18.3 Å². The van der Waals surface area contributed by atoms with Crippen molar-refractivity contribution in [2.24, 2.45) is 0 Å². The number of aromatic amines is 1. The van der Waals surface area contributed by atoms with Gasteiger partial charge in [0.1, 0.15) is 11.2 Å². The van der Waals surface area contributed by atoms with Crippen LogP contribution in [0.2, 0.25) is 0 Å². The van der Waals surface area contributed by atoms with E-state index in [1.54, 1.807) is 6.20 Å². The molecule has 1 N–H and O–H groups in total. The molecule has 114 valence electrons. The van der Waals surface area contributed by atoms with Gasteiger partial charge in [-0.25, -0.2) is 9.67 Å². The summed E-state index contributed by atoms with van der Waals surface area (Å²) in [5, 5.41) is 4.94. The van der Waals surface area contributed by atoms with Crippen LogP contribution < -0.4 is 5.56 Å². The summed E-state index contributed by atoms with van der Waals surface area (Å²) >= 11 is 0. The maximum absolute atomic E-state index is 12.2. The van der Waals surface area contributed by atoms with Crippen molar-refractivity contribution < 1.29 is 4.74 Å². The quantitative estimate of drug-likeness (QED) is 0.916. The smallest absolute Gasteiger partial charge is 0.262 e. The van der Waals surface area contributed by atoms with Crippen molar-refractivity contribution in [2.75, 3.05) is 6.61 Å². The van der Waals surface area contributed by atoms with Crippen LogP contribution in [-0.2, 0) is 11.2 Å². The van der Waals surface area contributed by atoms with Crippen molar-refractivity contribution in [3.05, 3.63) is 22.4 Å². The molecule has 0 amide bonds. The summed E-state index contributed by atoms with van der Waals surface area (Å²) in [4.78, 5) is 19.7. The van der Waals surface area contributed by atoms with E-state index in [4.69, 9.17) is 4.74 Å². The molecule has 1 atom stereocenters. The van der Waals surface area contributed by atoms with E-state index in [9.17, 15) is 4.79 Å². The third-order valence-corrected chi connectivity index (χ3v) is 4.25. The van der Waals surface area contributed by atoms with Crippen molar-refractivity contribution in [1.82, 2.24) is 19.7 Å². The Bertz CT molecular complexity index is 666. The molecule has 0 aromatic carbocycles. The Kier molecular flexibility index (Phi) is 4.05. The second-order valence-corrected chi connectivity index (χ2v) is 5.65. The van der Waals surface area contributed by atoms with Crippen LogP contribution in [0.3, 0.4) is 0 Å². The van der Waals surface area contributed by atoms with Crippen molar-refractivity contribution in [1.29, 1.82) is 0 Å². The molecule has 3 heterocycles. The third kappa shape index (κ3) is 2.72. The van der Waals surface area contributed by atoms with Crippen LogP contribution in [0.5, 0.6) is 0 Å². The molecule has 1 aliphatic rings. The lowest BCUT2D eigenvalue weighted by molar-refractivity contribution is 0.110. The van der Waals surface area contributed by atoms with Gasteiger partial charge in [-0.3, -0.25) is 4.79 Å². The summed E-state index contributed by atoms with van der Waals surface area (Å²) in [6.45, 7) is 5.06. The number of H-pyrrole nitrogens is 1. The molecule has 2 aromatic heterocycles. The van der Waals surface area contributed by atoms with Crippen LogP contribution >= 0.6 is 0 Å². The molecule has 6 heteroatoms. The maximum atomic E-state index is 12.2. The second-order valence-electron chi connectivity index (χ2n) is 5.65. The Morgan fingerprint density at radius 1 is 1.48 bits per heavy atom. The van der Waals surface area contributed by atoms with Crippen LogP contribution in [0, 0.1) is 0 Å². The van der Waals surface area contributed by atoms with Crippen LogP contribution in [0.25, 0.3) is 11.0 Å². The summed E-state index contributed by atoms with van der Waals surface area (Å²) in [5.74, 6) is 0.701. The lowest BCUT2D eigenvalue weighted by atomic mass is 10.1. The minimum absolute atomic E-state index is 0.106. The van der Waals surface area contributed by atoms with Gasteiger partial charge in [0.2, 0.25) is 0 Å². The fourth-order valence-corrected chi connectivity index (χ4v) is 3.00. The molecule has 6 nitrogen and oxygen atoms in total. The Hall–Kier alpha value is -1.69. The summed E-state index contributed by atoms with van der Waals surface area (Å²) in [6.07, 6.45) is 6.53. The van der Waals surface area contributed by atoms with Gasteiger partial charge >= 0.3 is 0 Å². The molecule has 1 saturated heterocycles. The molecule has 1 unspecified atom stereocenters. The first-order chi connectivity index (χ1) is 10.2. The highest BCUT2D eigenvalue weighted by atomic mass is 16.5. The van der Waals surface area contributed by atoms with Crippen molar-refractivity contribution in [3.8, 4) is 0 Å². The normalized spacial score (nSPS) is 18.9. The number of ether oxygens (including phenoxy) is 1. The van der Waals surface area contributed by atoms with E-state index >= 15 is 0 Å². The van der Waals surface area contributed by atoms with Crippen LogP contribution in [0.4, 0.5) is 0 Å². The van der Waals surface area contributed by atoms with Crippen molar-refractivity contribution in [3.63, 3.8) is 0 Å². The molecule has 0 bridgehead atoms. The number of aromatic nitrogens is 4. The second kappa shape index (κ2) is 5.97. The van der Waals surface area contributed by atoms with Gasteiger partial charge in [-0.1, -0.05) is 13.8 Å². The van der Waals surface area contributed by atoms with E-state index in [1.807, 2.05) is 4.68 Å². The predicted octanol–water partition coefficient (Wildman–Crippen LogP) is 2.20. The maximum Gasteiger partial charge on any atom is 0.262 e. The van der Waals surface area contributed by atoms with E-state index in [-0.39, 0.29) is 17.7 Å². The standard InChI is InChI=1S/C15H22N4O2/c1-3-10(4-2)19-14-12(9-16-19)15(20)18-13(17-14)8-11-6-5-7-21-11/h9-11H,3-8H2,1-2H3,(H,17,18,20). The molecular weight excluding hydrogens is 268 g/mol. The Morgan fingerprint density at radius 2 is 2.29 bits per heavy atom. The highest BCUT2D eigenvalue weighted by Crippen LogP contribution is 2.20. The number of rotatable bonds is 5. The first-order valence-electron chi connectivity index (χ1n) is 7.81. The topological polar surface area (TPSA) is 72.8 Å². The molecule has 2 aromatic rings. The zero-order valence-electron chi connectivity index (χ0n) is 12.6. The van der Waals surface area contributed by atoms with E-state index in [2.05, 4.69) is 28.9 Å². The number of fused-ring (bicyclic) bond motifs is 1. The molecule has 0 spiro atoms. The van der Waals surface area contributed by atoms with Crippen LogP contribution in [-0.4, -0.2) is 32.5 Å². The number of hydrogen-bond donors (Lipinski definition) is 1. The lowest BCUT2D eigenvalue weighted by Crippen LogP contribution is -2.18. The zero-order valence-corrected chi connectivity index (χ0v) is 12.6. The minimum atomic E-state index is -0.106. The molecule has 1 fully saturated rings. The minimum Gasteiger partial charge on any atom is -0.378 e. The van der Waals surface area contributed by atoms with Gasteiger partial charge in [0, 0.05) is 13.0 Å². The molecule has 3 rings (SSSR count). The van der Waals surface area contributed by atoms with Gasteiger partial charge in [-0.05, 0) is 25.7 Å². The van der Waals surface area contributed by atoms with E-state index < -0.39 is 0 Å². The average Bonchev–Trinajstić information content (AvgIpc) is 3.11. The highest BCUT2D eigenvalue weighted by molar-refractivity contribution is 5.73. The predicted molar refractivity (Wildman–Crippen MR) is 80.4 cm³/mol. The lowest BCUT2D eigenvalue weighted by Gasteiger charge is -2.14. The monoisotopic (exact) mass is 290 g/mol. The van der Waals surface area contributed by atoms with E-state index in [0.717, 1.165) is 32.3 Å². The highest BCUT2D eigenvalue weighted by Gasteiger charge is 2.19. The van der Waals surface area contributed by atoms with E-state index in [0.29, 0.717) is 23.3 Å². The molecule has 21 heavy (non-hydrogen) atoms. The number of nitrogens with one attached hydrogen (secondary N) is 1. The van der Waals surface area contributed by atoms with Gasteiger partial charge in [-0.15, -0.1) is 0 Å². The fourth-order valence-electron chi connectivity index (χ4n) is 3.00. The number of nitrogens with zero attached hydrogens (tertiary/aromatic N) is 3. The largest absolute Gasteiger partial charge is 0.378 e. The summed E-state index contributed by atoms with van der Waals surface area (Å²) in [7, 11) is 0. The summed E-state index contributed by atoms with van der Waals surface area (Å²) < 4.78 is 7.52. The van der Waals surface area contributed by atoms with Crippen LogP contribution in [0.15, 0.2) is 11.0 Å². The van der Waals surface area contributed by atoms with Crippen LogP contribution in [0.1, 0.15) is 51.4 Å². The average molecular weight is 290 g/mol.